The first kappa shape index (κ1) is 19.5. The largest absolute Gasteiger partial charge is 0.332 e. The third-order valence-corrected chi connectivity index (χ3v) is 5.81. The van der Waals surface area contributed by atoms with Gasteiger partial charge in [-0.05, 0) is 42.7 Å². The molecule has 0 aromatic heterocycles. The Bertz CT molecular complexity index is 1230. The predicted octanol–water partition coefficient (Wildman–Crippen LogP) is 3.84. The average Bonchev–Trinajstić information content (AvgIpc) is 3.08. The molecule has 30 heavy (non-hydrogen) atoms. The first-order chi connectivity index (χ1) is 14.5. The number of amides is 3. The van der Waals surface area contributed by atoms with Gasteiger partial charge in [0.05, 0.1) is 28.8 Å². The van der Waals surface area contributed by atoms with Gasteiger partial charge in [-0.15, -0.1) is 0 Å². The molecule has 0 saturated carbocycles. The molecule has 0 N–H and O–H groups in total. The molecule has 1 aliphatic heterocycles. The summed E-state index contributed by atoms with van der Waals surface area (Å²) in [5.41, 5.74) is 4.33. The quantitative estimate of drug-likeness (QED) is 0.471. The molecule has 2 aromatic carbocycles. The highest BCUT2D eigenvalue weighted by Crippen LogP contribution is 2.48. The Labute approximate surface area is 179 Å². The summed E-state index contributed by atoms with van der Waals surface area (Å²) in [5.74, 6) is -0.462. The topological polar surface area (TPSA) is 88.2 Å². The number of carbonyl (C=O) groups excluding carboxylic acids is 2. The van der Waals surface area contributed by atoms with Crippen LogP contribution in [-0.4, -0.2) is 39.8 Å². The van der Waals surface area contributed by atoms with Gasteiger partial charge in [0.2, 0.25) is 0 Å². The molecule has 7 heteroatoms. The number of benzene rings is 2. The first-order valence-corrected chi connectivity index (χ1v) is 9.89. The lowest BCUT2D eigenvalue weighted by atomic mass is 9.93. The maximum absolute atomic E-state index is 13.4. The van der Waals surface area contributed by atoms with Crippen molar-refractivity contribution >= 4 is 34.7 Å². The SMILES string of the molecule is CCN1C(=O)C(=C2c3ccccc3-c3c(C#N)cc(C#N)cc32)C(=S)N(CC)C1=O. The minimum Gasteiger partial charge on any atom is -0.284 e. The number of hydrogen-bond donors (Lipinski definition) is 0. The summed E-state index contributed by atoms with van der Waals surface area (Å²) < 4.78 is 0. The molecule has 1 fully saturated rings. The van der Waals surface area contributed by atoms with E-state index in [-0.39, 0.29) is 17.1 Å². The molecule has 0 bridgehead atoms. The lowest BCUT2D eigenvalue weighted by Gasteiger charge is -2.35. The van der Waals surface area contributed by atoms with Crippen LogP contribution in [0.25, 0.3) is 16.7 Å². The lowest BCUT2D eigenvalue weighted by molar-refractivity contribution is -0.124. The summed E-state index contributed by atoms with van der Waals surface area (Å²) in [4.78, 5) is 28.8. The van der Waals surface area contributed by atoms with Gasteiger partial charge in [-0.1, -0.05) is 36.5 Å². The van der Waals surface area contributed by atoms with E-state index in [1.165, 1.54) is 9.80 Å². The van der Waals surface area contributed by atoms with Crippen molar-refractivity contribution in [1.29, 1.82) is 10.5 Å². The minimum absolute atomic E-state index is 0.163. The van der Waals surface area contributed by atoms with E-state index < -0.39 is 11.9 Å². The van der Waals surface area contributed by atoms with Gasteiger partial charge >= 0.3 is 6.03 Å². The van der Waals surface area contributed by atoms with Gasteiger partial charge in [0, 0.05) is 24.2 Å². The van der Waals surface area contributed by atoms with Crippen LogP contribution in [0.2, 0.25) is 0 Å². The number of rotatable bonds is 2. The minimum atomic E-state index is -0.462. The molecule has 4 rings (SSSR count). The zero-order chi connectivity index (χ0) is 21.6. The normalized spacial score (nSPS) is 17.5. The van der Waals surface area contributed by atoms with Gasteiger partial charge in [-0.25, -0.2) is 4.79 Å². The van der Waals surface area contributed by atoms with Crippen LogP contribution >= 0.6 is 12.2 Å². The average molecular weight is 412 g/mol. The maximum atomic E-state index is 13.4. The van der Waals surface area contributed by atoms with Crippen molar-refractivity contribution in [2.45, 2.75) is 13.8 Å². The molecule has 3 amide bonds. The van der Waals surface area contributed by atoms with E-state index in [1.54, 1.807) is 26.0 Å². The maximum Gasteiger partial charge on any atom is 0.332 e. The zero-order valence-corrected chi connectivity index (χ0v) is 17.2. The van der Waals surface area contributed by atoms with Gasteiger partial charge < -0.3 is 0 Å². The molecule has 0 atom stereocenters. The highest BCUT2D eigenvalue weighted by Gasteiger charge is 2.42. The van der Waals surface area contributed by atoms with Gasteiger partial charge in [0.1, 0.15) is 4.99 Å². The Balaban J connectivity index is 2.14. The zero-order valence-electron chi connectivity index (χ0n) is 16.4. The third kappa shape index (κ3) is 2.57. The van der Waals surface area contributed by atoms with Crippen LogP contribution in [0.3, 0.4) is 0 Å². The second-order valence-electron chi connectivity index (χ2n) is 6.85. The Hall–Kier alpha value is -3.81. The molecule has 2 aromatic rings. The fraction of sp³-hybridized carbons (Fsp3) is 0.174. The summed E-state index contributed by atoms with van der Waals surface area (Å²) in [7, 11) is 0. The number of fused-ring (bicyclic) bond motifs is 3. The van der Waals surface area contributed by atoms with E-state index in [2.05, 4.69) is 12.1 Å². The number of likely N-dealkylation sites (N-methyl/N-ethyl adjacent to an activating group) is 2. The highest BCUT2D eigenvalue weighted by atomic mass is 32.1. The standard InChI is InChI=1S/C23H16N4O2S/c1-3-26-21(28)20(22(30)27(4-2)23(26)29)19-16-8-6-5-7-15(16)18-14(12-25)9-13(11-24)10-17(18)19/h5-10H,3-4H2,1-2H3. The van der Waals surface area contributed by atoms with Crippen molar-refractivity contribution in [1.82, 2.24) is 9.80 Å². The van der Waals surface area contributed by atoms with Crippen LogP contribution in [0.5, 0.6) is 0 Å². The monoisotopic (exact) mass is 412 g/mol. The van der Waals surface area contributed by atoms with Gasteiger partial charge in [0.25, 0.3) is 5.91 Å². The van der Waals surface area contributed by atoms with Crippen LogP contribution in [0.4, 0.5) is 4.79 Å². The smallest absolute Gasteiger partial charge is 0.284 e. The number of nitriles is 2. The van der Waals surface area contributed by atoms with E-state index in [0.29, 0.717) is 34.4 Å². The molecule has 0 spiro atoms. The summed E-state index contributed by atoms with van der Waals surface area (Å²) in [6, 6.07) is 14.5. The molecule has 6 nitrogen and oxygen atoms in total. The van der Waals surface area contributed by atoms with E-state index in [0.717, 1.165) is 11.1 Å². The summed E-state index contributed by atoms with van der Waals surface area (Å²) in [5, 5.41) is 19.2. The second-order valence-corrected chi connectivity index (χ2v) is 7.23. The molecule has 1 heterocycles. The van der Waals surface area contributed by atoms with Crippen LogP contribution in [0.1, 0.15) is 36.1 Å². The van der Waals surface area contributed by atoms with Crippen molar-refractivity contribution in [3.63, 3.8) is 0 Å². The number of carbonyl (C=O) groups is 2. The van der Waals surface area contributed by atoms with Crippen molar-refractivity contribution in [3.8, 4) is 23.3 Å². The summed E-state index contributed by atoms with van der Waals surface area (Å²) in [6.07, 6.45) is 0. The molecular formula is C23H16N4O2S. The number of imide groups is 1. The first-order valence-electron chi connectivity index (χ1n) is 9.48. The number of nitrogens with zero attached hydrogens (tertiary/aromatic N) is 4. The van der Waals surface area contributed by atoms with Crippen molar-refractivity contribution < 1.29 is 9.59 Å². The van der Waals surface area contributed by atoms with Crippen LogP contribution < -0.4 is 0 Å². The Morgan fingerprint density at radius 1 is 0.900 bits per heavy atom. The molecule has 0 unspecified atom stereocenters. The summed E-state index contributed by atoms with van der Waals surface area (Å²) in [6.45, 7) is 4.07. The van der Waals surface area contributed by atoms with Crippen molar-refractivity contribution in [2.24, 2.45) is 0 Å². The Kier molecular flexibility index (Phi) is 4.69. The van der Waals surface area contributed by atoms with E-state index >= 15 is 0 Å². The number of urea groups is 1. The van der Waals surface area contributed by atoms with Gasteiger partial charge in [-0.2, -0.15) is 10.5 Å². The number of hydrogen-bond acceptors (Lipinski definition) is 5. The fourth-order valence-corrected chi connectivity index (χ4v) is 4.46. The van der Waals surface area contributed by atoms with Crippen molar-refractivity contribution in [2.75, 3.05) is 13.1 Å². The fourth-order valence-electron chi connectivity index (χ4n) is 4.07. The van der Waals surface area contributed by atoms with Crippen molar-refractivity contribution in [3.05, 3.63) is 64.2 Å². The molecule has 1 saturated heterocycles. The Morgan fingerprint density at radius 2 is 1.57 bits per heavy atom. The van der Waals surface area contributed by atoms with Crippen LogP contribution in [0.15, 0.2) is 42.0 Å². The van der Waals surface area contributed by atoms with E-state index in [4.69, 9.17) is 12.2 Å². The van der Waals surface area contributed by atoms with Gasteiger partial charge in [0.15, 0.2) is 0 Å². The number of thiocarbonyl (C=S) groups is 1. The van der Waals surface area contributed by atoms with Crippen LogP contribution in [-0.2, 0) is 4.79 Å². The lowest BCUT2D eigenvalue weighted by Crippen LogP contribution is -2.55. The second kappa shape index (κ2) is 7.22. The highest BCUT2D eigenvalue weighted by molar-refractivity contribution is 7.81. The van der Waals surface area contributed by atoms with Gasteiger partial charge in [-0.3, -0.25) is 14.6 Å². The molecule has 2 aliphatic rings. The molecular weight excluding hydrogens is 396 g/mol. The third-order valence-electron chi connectivity index (χ3n) is 5.39. The van der Waals surface area contributed by atoms with E-state index in [9.17, 15) is 20.1 Å². The molecule has 146 valence electrons. The molecule has 0 radical (unpaired) electrons. The predicted molar refractivity (Wildman–Crippen MR) is 115 cm³/mol. The van der Waals surface area contributed by atoms with E-state index in [1.807, 2.05) is 24.3 Å². The molecule has 1 aliphatic carbocycles. The Morgan fingerprint density at radius 3 is 2.17 bits per heavy atom. The summed E-state index contributed by atoms with van der Waals surface area (Å²) >= 11 is 5.59. The van der Waals surface area contributed by atoms with Crippen LogP contribution in [0, 0.1) is 22.7 Å².